The molecule has 0 aromatic heterocycles. The molecule has 2 aliphatic carbocycles. The molecule has 0 amide bonds. The standard InChI is InChI=1S/C13H25NO/c1-10(9-11-5-3-6-11)14-12-7-4-8-13(12)15-2/h10-14H,3-9H2,1-2H3. The highest BCUT2D eigenvalue weighted by Crippen LogP contribution is 2.31. The van der Waals surface area contributed by atoms with Crippen molar-refractivity contribution in [3.63, 3.8) is 0 Å². The predicted octanol–water partition coefficient (Wildman–Crippen LogP) is 2.72. The third-order valence-corrected chi connectivity index (χ3v) is 4.17. The van der Waals surface area contributed by atoms with Gasteiger partial charge in [-0.3, -0.25) is 0 Å². The first-order valence-electron chi connectivity index (χ1n) is 6.58. The van der Waals surface area contributed by atoms with E-state index in [1.807, 2.05) is 7.11 Å². The smallest absolute Gasteiger partial charge is 0.0724 e. The van der Waals surface area contributed by atoms with Gasteiger partial charge < -0.3 is 10.1 Å². The van der Waals surface area contributed by atoms with Crippen molar-refractivity contribution in [2.24, 2.45) is 5.92 Å². The van der Waals surface area contributed by atoms with Gasteiger partial charge in [-0.15, -0.1) is 0 Å². The van der Waals surface area contributed by atoms with Gasteiger partial charge in [-0.25, -0.2) is 0 Å². The van der Waals surface area contributed by atoms with Crippen LogP contribution in [0.15, 0.2) is 0 Å². The Morgan fingerprint density at radius 1 is 1.20 bits per heavy atom. The summed E-state index contributed by atoms with van der Waals surface area (Å²) < 4.78 is 5.51. The topological polar surface area (TPSA) is 21.3 Å². The van der Waals surface area contributed by atoms with Gasteiger partial charge >= 0.3 is 0 Å². The van der Waals surface area contributed by atoms with E-state index in [0.29, 0.717) is 18.2 Å². The van der Waals surface area contributed by atoms with E-state index in [-0.39, 0.29) is 0 Å². The van der Waals surface area contributed by atoms with Gasteiger partial charge in [-0.2, -0.15) is 0 Å². The zero-order valence-electron chi connectivity index (χ0n) is 10.2. The highest BCUT2D eigenvalue weighted by Gasteiger charge is 2.29. The van der Waals surface area contributed by atoms with Gasteiger partial charge in [-0.05, 0) is 38.5 Å². The third kappa shape index (κ3) is 2.94. The molecule has 2 nitrogen and oxygen atoms in total. The van der Waals surface area contributed by atoms with E-state index in [2.05, 4.69) is 12.2 Å². The zero-order valence-corrected chi connectivity index (χ0v) is 10.2. The number of ether oxygens (including phenoxy) is 1. The maximum Gasteiger partial charge on any atom is 0.0724 e. The normalized spacial score (nSPS) is 34.0. The van der Waals surface area contributed by atoms with Gasteiger partial charge in [0.15, 0.2) is 0 Å². The average molecular weight is 211 g/mol. The fraction of sp³-hybridized carbons (Fsp3) is 1.00. The summed E-state index contributed by atoms with van der Waals surface area (Å²) >= 11 is 0. The van der Waals surface area contributed by atoms with Crippen LogP contribution in [0.2, 0.25) is 0 Å². The molecule has 88 valence electrons. The van der Waals surface area contributed by atoms with Crippen molar-refractivity contribution in [3.8, 4) is 0 Å². The number of hydrogen-bond donors (Lipinski definition) is 1. The van der Waals surface area contributed by atoms with Gasteiger partial charge in [0.25, 0.3) is 0 Å². The minimum atomic E-state index is 0.467. The lowest BCUT2D eigenvalue weighted by Crippen LogP contribution is -2.43. The highest BCUT2D eigenvalue weighted by molar-refractivity contribution is 4.86. The molecule has 3 atom stereocenters. The molecule has 2 saturated carbocycles. The largest absolute Gasteiger partial charge is 0.380 e. The first-order valence-corrected chi connectivity index (χ1v) is 6.58. The summed E-state index contributed by atoms with van der Waals surface area (Å²) in [6.07, 6.45) is 10.1. The molecular formula is C13H25NO. The Hall–Kier alpha value is -0.0800. The zero-order chi connectivity index (χ0) is 10.7. The fourth-order valence-electron chi connectivity index (χ4n) is 3.06. The number of nitrogens with one attached hydrogen (secondary N) is 1. The van der Waals surface area contributed by atoms with Crippen LogP contribution in [0, 0.1) is 5.92 Å². The van der Waals surface area contributed by atoms with Crippen LogP contribution in [-0.4, -0.2) is 25.3 Å². The highest BCUT2D eigenvalue weighted by atomic mass is 16.5. The van der Waals surface area contributed by atoms with Gasteiger partial charge in [0.1, 0.15) is 0 Å². The molecule has 3 unspecified atom stereocenters. The maximum absolute atomic E-state index is 5.51. The lowest BCUT2D eigenvalue weighted by Gasteiger charge is -2.31. The quantitative estimate of drug-likeness (QED) is 0.755. The van der Waals surface area contributed by atoms with Gasteiger partial charge in [-0.1, -0.05) is 19.3 Å². The van der Waals surface area contributed by atoms with Crippen LogP contribution in [0.4, 0.5) is 0 Å². The molecule has 0 bridgehead atoms. The van der Waals surface area contributed by atoms with Crippen LogP contribution in [-0.2, 0) is 4.74 Å². The summed E-state index contributed by atoms with van der Waals surface area (Å²) in [4.78, 5) is 0. The van der Waals surface area contributed by atoms with Crippen LogP contribution in [0.25, 0.3) is 0 Å². The van der Waals surface area contributed by atoms with E-state index >= 15 is 0 Å². The molecular weight excluding hydrogens is 186 g/mol. The minimum Gasteiger partial charge on any atom is -0.380 e. The second-order valence-corrected chi connectivity index (χ2v) is 5.41. The molecule has 0 radical (unpaired) electrons. The van der Waals surface area contributed by atoms with Crippen molar-refractivity contribution < 1.29 is 4.74 Å². The third-order valence-electron chi connectivity index (χ3n) is 4.17. The Kier molecular flexibility index (Phi) is 4.04. The summed E-state index contributed by atoms with van der Waals surface area (Å²) in [5.74, 6) is 1.01. The van der Waals surface area contributed by atoms with E-state index in [1.54, 1.807) is 0 Å². The van der Waals surface area contributed by atoms with E-state index in [9.17, 15) is 0 Å². The van der Waals surface area contributed by atoms with Crippen LogP contribution >= 0.6 is 0 Å². The Balaban J connectivity index is 1.69. The van der Waals surface area contributed by atoms with E-state index < -0.39 is 0 Å². The molecule has 0 saturated heterocycles. The molecule has 15 heavy (non-hydrogen) atoms. The predicted molar refractivity (Wildman–Crippen MR) is 63.0 cm³/mol. The Bertz CT molecular complexity index is 191. The molecule has 0 aromatic carbocycles. The van der Waals surface area contributed by atoms with Crippen molar-refractivity contribution in [2.45, 2.75) is 70.1 Å². The van der Waals surface area contributed by atoms with Crippen molar-refractivity contribution in [1.82, 2.24) is 5.32 Å². The van der Waals surface area contributed by atoms with Crippen molar-refractivity contribution in [1.29, 1.82) is 0 Å². The Labute approximate surface area is 93.8 Å². The van der Waals surface area contributed by atoms with Gasteiger partial charge in [0.05, 0.1) is 6.10 Å². The van der Waals surface area contributed by atoms with Crippen LogP contribution in [0.3, 0.4) is 0 Å². The first-order chi connectivity index (χ1) is 7.29. The maximum atomic E-state index is 5.51. The summed E-state index contributed by atoms with van der Waals surface area (Å²) in [7, 11) is 1.85. The second-order valence-electron chi connectivity index (χ2n) is 5.41. The summed E-state index contributed by atoms with van der Waals surface area (Å²) in [5.41, 5.74) is 0. The molecule has 0 spiro atoms. The molecule has 2 rings (SSSR count). The van der Waals surface area contributed by atoms with Gasteiger partial charge in [0, 0.05) is 19.2 Å². The van der Waals surface area contributed by atoms with Gasteiger partial charge in [0.2, 0.25) is 0 Å². The Morgan fingerprint density at radius 2 is 1.93 bits per heavy atom. The van der Waals surface area contributed by atoms with Crippen LogP contribution < -0.4 is 5.32 Å². The van der Waals surface area contributed by atoms with Crippen molar-refractivity contribution in [3.05, 3.63) is 0 Å². The molecule has 0 aromatic rings. The monoisotopic (exact) mass is 211 g/mol. The van der Waals surface area contributed by atoms with E-state index in [0.717, 1.165) is 5.92 Å². The molecule has 0 heterocycles. The summed E-state index contributed by atoms with van der Waals surface area (Å²) in [5, 5.41) is 3.75. The fourth-order valence-corrected chi connectivity index (χ4v) is 3.06. The molecule has 0 aliphatic heterocycles. The molecule has 2 heteroatoms. The van der Waals surface area contributed by atoms with Crippen molar-refractivity contribution >= 4 is 0 Å². The lowest BCUT2D eigenvalue weighted by atomic mass is 9.81. The lowest BCUT2D eigenvalue weighted by molar-refractivity contribution is 0.0797. The first kappa shape index (κ1) is 11.4. The average Bonchev–Trinajstić information content (AvgIpc) is 2.59. The molecule has 2 aliphatic rings. The molecule has 2 fully saturated rings. The van der Waals surface area contributed by atoms with Crippen molar-refractivity contribution in [2.75, 3.05) is 7.11 Å². The van der Waals surface area contributed by atoms with E-state index in [4.69, 9.17) is 4.74 Å². The second kappa shape index (κ2) is 5.31. The van der Waals surface area contributed by atoms with Crippen LogP contribution in [0.5, 0.6) is 0 Å². The number of hydrogen-bond acceptors (Lipinski definition) is 2. The SMILES string of the molecule is COC1CCCC1NC(C)CC1CCC1. The van der Waals surface area contributed by atoms with Crippen LogP contribution in [0.1, 0.15) is 51.9 Å². The molecule has 1 N–H and O–H groups in total. The minimum absolute atomic E-state index is 0.467. The van der Waals surface area contributed by atoms with E-state index in [1.165, 1.54) is 44.9 Å². The Morgan fingerprint density at radius 3 is 2.53 bits per heavy atom. The summed E-state index contributed by atoms with van der Waals surface area (Å²) in [6.45, 7) is 2.34. The number of rotatable bonds is 5. The summed E-state index contributed by atoms with van der Waals surface area (Å²) in [6, 6.07) is 1.29. The number of methoxy groups -OCH3 is 1.